The van der Waals surface area contributed by atoms with Crippen LogP contribution in [0.3, 0.4) is 0 Å². The van der Waals surface area contributed by atoms with Crippen LogP contribution in [-0.4, -0.2) is 24.6 Å². The first-order chi connectivity index (χ1) is 13.3. The number of aromatic hydroxyl groups is 1. The number of ether oxygens (including phenoxy) is 2. The first-order valence-corrected chi connectivity index (χ1v) is 10.2. The van der Waals surface area contributed by atoms with Crippen LogP contribution in [0.25, 0.3) is 0 Å². The van der Waals surface area contributed by atoms with Crippen LogP contribution in [0.2, 0.25) is 0 Å². The van der Waals surface area contributed by atoms with E-state index < -0.39 is 19.7 Å². The molecule has 0 spiro atoms. The van der Waals surface area contributed by atoms with Crippen LogP contribution in [0, 0.1) is 0 Å². The number of anilines is 1. The Bertz CT molecular complexity index is 884. The quantitative estimate of drug-likeness (QED) is 0.581. The lowest BCUT2D eigenvalue weighted by molar-refractivity contribution is -0.286. The Hall–Kier alpha value is -2.35. The Labute approximate surface area is 160 Å². The summed E-state index contributed by atoms with van der Waals surface area (Å²) in [4.78, 5) is 0. The summed E-state index contributed by atoms with van der Waals surface area (Å²) in [5.41, 5.74) is 0.573. The second-order valence-electron chi connectivity index (χ2n) is 5.81. The Balaban J connectivity index is 1.99. The van der Waals surface area contributed by atoms with Crippen LogP contribution in [0.4, 0.5) is 14.5 Å². The molecule has 3 rings (SSSR count). The summed E-state index contributed by atoms with van der Waals surface area (Å²) in [5.74, 6) is -1.50. The van der Waals surface area contributed by atoms with Gasteiger partial charge >= 0.3 is 13.9 Å². The van der Waals surface area contributed by atoms with Gasteiger partial charge in [-0.05, 0) is 32.0 Å². The lowest BCUT2D eigenvalue weighted by atomic mass is 10.2. The molecule has 28 heavy (non-hydrogen) atoms. The number of benzene rings is 2. The molecule has 1 unspecified atom stereocenters. The maximum Gasteiger partial charge on any atom is 0.586 e. The van der Waals surface area contributed by atoms with Crippen molar-refractivity contribution in [3.8, 4) is 17.2 Å². The van der Waals surface area contributed by atoms with Crippen LogP contribution in [0.1, 0.15) is 25.2 Å². The molecule has 2 aromatic carbocycles. The van der Waals surface area contributed by atoms with E-state index in [2.05, 4.69) is 14.8 Å². The normalized spacial score (nSPS) is 16.0. The third kappa shape index (κ3) is 4.22. The average molecular weight is 415 g/mol. The molecule has 0 bridgehead atoms. The van der Waals surface area contributed by atoms with Crippen molar-refractivity contribution in [1.82, 2.24) is 0 Å². The van der Waals surface area contributed by atoms with Crippen LogP contribution < -0.4 is 14.8 Å². The van der Waals surface area contributed by atoms with Gasteiger partial charge in [0.25, 0.3) is 0 Å². The van der Waals surface area contributed by atoms with E-state index in [0.717, 1.165) is 0 Å². The second-order valence-corrected chi connectivity index (χ2v) is 7.92. The average Bonchev–Trinajstić information content (AvgIpc) is 2.94. The molecule has 0 aliphatic carbocycles. The molecule has 0 radical (unpaired) electrons. The molecule has 7 nitrogen and oxygen atoms in total. The van der Waals surface area contributed by atoms with Crippen molar-refractivity contribution < 1.29 is 37.0 Å². The number of alkyl halides is 2. The summed E-state index contributed by atoms with van der Waals surface area (Å²) < 4.78 is 59.6. The van der Waals surface area contributed by atoms with Crippen molar-refractivity contribution >= 4 is 13.3 Å². The zero-order valence-electron chi connectivity index (χ0n) is 15.2. The number of fused-ring (bicyclic) bond motifs is 1. The molecule has 2 aromatic rings. The standard InChI is InChI=1S/C18H20F2NO6P/c1-3-24-28(23,25-4-2)17(13-7-5-6-8-14(13)22)21-12-9-10-15-16(11-12)27-18(19,20)26-15/h5-11,17,21-22H,3-4H2,1-2H3. The fourth-order valence-electron chi connectivity index (χ4n) is 2.79. The number of hydrogen-bond acceptors (Lipinski definition) is 7. The molecule has 0 fully saturated rings. The summed E-state index contributed by atoms with van der Waals surface area (Å²) in [6, 6.07) is 10.3. The fraction of sp³-hybridized carbons (Fsp3) is 0.333. The number of para-hydroxylation sites is 1. The Morgan fingerprint density at radius 2 is 1.75 bits per heavy atom. The van der Waals surface area contributed by atoms with Gasteiger partial charge in [0, 0.05) is 17.3 Å². The molecule has 152 valence electrons. The van der Waals surface area contributed by atoms with Crippen LogP contribution in [-0.2, 0) is 13.6 Å². The van der Waals surface area contributed by atoms with Crippen molar-refractivity contribution in [1.29, 1.82) is 0 Å². The second kappa shape index (κ2) is 7.95. The molecule has 0 saturated carbocycles. The lowest BCUT2D eigenvalue weighted by Gasteiger charge is -2.28. The van der Waals surface area contributed by atoms with E-state index >= 15 is 0 Å². The van der Waals surface area contributed by atoms with Gasteiger partial charge in [-0.15, -0.1) is 8.78 Å². The highest BCUT2D eigenvalue weighted by atomic mass is 31.2. The van der Waals surface area contributed by atoms with Gasteiger partial charge in [0.1, 0.15) is 5.75 Å². The third-order valence-electron chi connectivity index (χ3n) is 3.87. The molecule has 0 aromatic heterocycles. The number of hydrogen-bond donors (Lipinski definition) is 2. The van der Waals surface area contributed by atoms with Crippen LogP contribution in [0.15, 0.2) is 42.5 Å². The molecule has 2 N–H and O–H groups in total. The Morgan fingerprint density at radius 1 is 1.11 bits per heavy atom. The van der Waals surface area contributed by atoms with Gasteiger partial charge in [-0.1, -0.05) is 18.2 Å². The summed E-state index contributed by atoms with van der Waals surface area (Å²) >= 11 is 0. The molecule has 0 amide bonds. The molecule has 1 aliphatic heterocycles. The maximum absolute atomic E-state index is 13.4. The maximum atomic E-state index is 13.4. The van der Waals surface area contributed by atoms with Gasteiger partial charge in [-0.3, -0.25) is 4.57 Å². The minimum Gasteiger partial charge on any atom is -0.508 e. The van der Waals surface area contributed by atoms with Gasteiger partial charge < -0.3 is 28.9 Å². The van der Waals surface area contributed by atoms with E-state index in [0.29, 0.717) is 5.69 Å². The van der Waals surface area contributed by atoms with Crippen molar-refractivity contribution in [2.45, 2.75) is 25.9 Å². The molecular formula is C18H20F2NO6P. The van der Waals surface area contributed by atoms with E-state index in [4.69, 9.17) is 9.05 Å². The van der Waals surface area contributed by atoms with Gasteiger partial charge in [0.2, 0.25) is 0 Å². The fourth-order valence-corrected chi connectivity index (χ4v) is 4.75. The zero-order valence-corrected chi connectivity index (χ0v) is 16.1. The smallest absolute Gasteiger partial charge is 0.508 e. The van der Waals surface area contributed by atoms with Crippen LogP contribution >= 0.6 is 7.60 Å². The minimum absolute atomic E-state index is 0.108. The SMILES string of the molecule is CCOP(=O)(OCC)C(Nc1ccc2c(c1)OC(F)(F)O2)c1ccccc1O. The molecular weight excluding hydrogens is 395 g/mol. The monoisotopic (exact) mass is 415 g/mol. The van der Waals surface area contributed by atoms with E-state index in [1.165, 1.54) is 24.3 Å². The summed E-state index contributed by atoms with van der Waals surface area (Å²) in [5, 5.41) is 13.2. The molecule has 0 saturated heterocycles. The predicted molar refractivity (Wildman–Crippen MR) is 98.0 cm³/mol. The van der Waals surface area contributed by atoms with Crippen molar-refractivity contribution in [3.63, 3.8) is 0 Å². The predicted octanol–water partition coefficient (Wildman–Crippen LogP) is 5.09. The lowest BCUT2D eigenvalue weighted by Crippen LogP contribution is -2.25. The number of phenols is 1. The van der Waals surface area contributed by atoms with Gasteiger partial charge in [-0.25, -0.2) is 0 Å². The number of rotatable bonds is 8. The highest BCUT2D eigenvalue weighted by Crippen LogP contribution is 2.62. The van der Waals surface area contributed by atoms with E-state index in [1.54, 1.807) is 32.0 Å². The topological polar surface area (TPSA) is 86.3 Å². The first kappa shape index (κ1) is 20.4. The molecule has 10 heteroatoms. The minimum atomic E-state index is -3.78. The van der Waals surface area contributed by atoms with Crippen molar-refractivity contribution in [2.24, 2.45) is 0 Å². The van der Waals surface area contributed by atoms with E-state index in [1.807, 2.05) is 0 Å². The summed E-state index contributed by atoms with van der Waals surface area (Å²) in [6.07, 6.45) is -3.75. The highest BCUT2D eigenvalue weighted by molar-refractivity contribution is 7.54. The molecule has 1 heterocycles. The number of phenolic OH excluding ortho intramolecular Hbond substituents is 1. The number of halogens is 2. The summed E-state index contributed by atoms with van der Waals surface area (Å²) in [7, 11) is -3.78. The van der Waals surface area contributed by atoms with Gasteiger partial charge in [0.15, 0.2) is 17.3 Å². The zero-order chi connectivity index (χ0) is 20.4. The molecule has 1 aliphatic rings. The van der Waals surface area contributed by atoms with E-state index in [-0.39, 0.29) is 36.0 Å². The first-order valence-electron chi connectivity index (χ1n) is 8.61. The van der Waals surface area contributed by atoms with Crippen molar-refractivity contribution in [3.05, 3.63) is 48.0 Å². The van der Waals surface area contributed by atoms with Crippen LogP contribution in [0.5, 0.6) is 17.2 Å². The van der Waals surface area contributed by atoms with Gasteiger partial charge in [-0.2, -0.15) is 0 Å². The Kier molecular flexibility index (Phi) is 5.79. The van der Waals surface area contributed by atoms with Gasteiger partial charge in [0.05, 0.1) is 13.2 Å². The molecule has 1 atom stereocenters. The largest absolute Gasteiger partial charge is 0.586 e. The van der Waals surface area contributed by atoms with E-state index in [9.17, 15) is 18.5 Å². The highest BCUT2D eigenvalue weighted by Gasteiger charge is 2.44. The summed E-state index contributed by atoms with van der Waals surface area (Å²) in [6.45, 7) is 3.54. The number of nitrogens with one attached hydrogen (secondary N) is 1. The van der Waals surface area contributed by atoms with Crippen molar-refractivity contribution in [2.75, 3.05) is 18.5 Å². The third-order valence-corrected chi connectivity index (χ3v) is 6.15. The Morgan fingerprint density at radius 3 is 2.39 bits per heavy atom.